The summed E-state index contributed by atoms with van der Waals surface area (Å²) in [6.07, 6.45) is 3.40. The molecule has 0 saturated heterocycles. The van der Waals surface area contributed by atoms with E-state index in [0.717, 1.165) is 13.0 Å². The molecule has 0 atom stereocenters. The quantitative estimate of drug-likeness (QED) is 0.740. The number of nitrogens with one attached hydrogen (secondary N) is 1. The summed E-state index contributed by atoms with van der Waals surface area (Å²) in [6.45, 7) is 7.55. The third kappa shape index (κ3) is 3.52. The van der Waals surface area contributed by atoms with Gasteiger partial charge in [0.05, 0.1) is 0 Å². The number of benzene rings is 1. The second-order valence-electron chi connectivity index (χ2n) is 4.10. The number of aryl methyl sites for hydroxylation is 2. The molecule has 1 heteroatoms. The third-order valence-electron chi connectivity index (χ3n) is 2.66. The van der Waals surface area contributed by atoms with Gasteiger partial charge in [-0.05, 0) is 57.5 Å². The number of hydrogen-bond donors (Lipinski definition) is 1. The average molecular weight is 203 g/mol. The monoisotopic (exact) mass is 203 g/mol. The van der Waals surface area contributed by atoms with E-state index in [9.17, 15) is 0 Å². The fraction of sp³-hybridized carbons (Fsp3) is 0.429. The molecular weight excluding hydrogens is 182 g/mol. The summed E-state index contributed by atoms with van der Waals surface area (Å²) in [4.78, 5) is 0. The summed E-state index contributed by atoms with van der Waals surface area (Å²) in [5.74, 6) is 0. The Hall–Kier alpha value is -1.08. The summed E-state index contributed by atoms with van der Waals surface area (Å²) < 4.78 is 0. The second kappa shape index (κ2) is 5.72. The van der Waals surface area contributed by atoms with Crippen molar-refractivity contribution in [2.24, 2.45) is 0 Å². The Balaban J connectivity index is 2.85. The van der Waals surface area contributed by atoms with Crippen molar-refractivity contribution in [3.05, 3.63) is 41.0 Å². The van der Waals surface area contributed by atoms with Gasteiger partial charge in [-0.2, -0.15) is 0 Å². The van der Waals surface area contributed by atoms with Gasteiger partial charge in [0.15, 0.2) is 0 Å². The Morgan fingerprint density at radius 1 is 1.33 bits per heavy atom. The van der Waals surface area contributed by atoms with Gasteiger partial charge in [-0.1, -0.05) is 29.8 Å². The van der Waals surface area contributed by atoms with E-state index in [4.69, 9.17) is 0 Å². The van der Waals surface area contributed by atoms with Crippen molar-refractivity contribution < 1.29 is 0 Å². The minimum Gasteiger partial charge on any atom is -0.319 e. The molecule has 0 spiro atoms. The van der Waals surface area contributed by atoms with E-state index < -0.39 is 0 Å². The van der Waals surface area contributed by atoms with Crippen molar-refractivity contribution >= 4 is 5.57 Å². The second-order valence-corrected chi connectivity index (χ2v) is 4.10. The van der Waals surface area contributed by atoms with Crippen LogP contribution in [0.1, 0.15) is 30.0 Å². The number of hydrogen-bond acceptors (Lipinski definition) is 1. The van der Waals surface area contributed by atoms with E-state index >= 15 is 0 Å². The van der Waals surface area contributed by atoms with Gasteiger partial charge in [0.25, 0.3) is 0 Å². The third-order valence-corrected chi connectivity index (χ3v) is 2.66. The molecule has 82 valence electrons. The normalized spacial score (nSPS) is 11.9. The highest BCUT2D eigenvalue weighted by atomic mass is 14.8. The molecule has 0 aliphatic heterocycles. The highest BCUT2D eigenvalue weighted by molar-refractivity contribution is 5.66. The zero-order valence-electron chi connectivity index (χ0n) is 10.2. The van der Waals surface area contributed by atoms with Crippen molar-refractivity contribution in [1.82, 2.24) is 5.32 Å². The van der Waals surface area contributed by atoms with Crippen LogP contribution in [0.4, 0.5) is 0 Å². The molecular formula is C14H21N. The predicted molar refractivity (Wildman–Crippen MR) is 68.1 cm³/mol. The van der Waals surface area contributed by atoms with E-state index in [1.54, 1.807) is 0 Å². The van der Waals surface area contributed by atoms with E-state index in [1.165, 1.54) is 22.3 Å². The average Bonchev–Trinajstić information content (AvgIpc) is 2.22. The maximum atomic E-state index is 3.16. The first kappa shape index (κ1) is 12.0. The zero-order chi connectivity index (χ0) is 11.3. The van der Waals surface area contributed by atoms with Crippen molar-refractivity contribution in [3.8, 4) is 0 Å². The van der Waals surface area contributed by atoms with Crippen LogP contribution in [0.5, 0.6) is 0 Å². The van der Waals surface area contributed by atoms with Gasteiger partial charge in [-0.25, -0.2) is 0 Å². The summed E-state index contributed by atoms with van der Waals surface area (Å²) in [5.41, 5.74) is 5.45. The van der Waals surface area contributed by atoms with Crippen LogP contribution in [0, 0.1) is 13.8 Å². The lowest BCUT2D eigenvalue weighted by molar-refractivity contribution is 0.808. The summed E-state index contributed by atoms with van der Waals surface area (Å²) >= 11 is 0. The lowest BCUT2D eigenvalue weighted by Crippen LogP contribution is -2.06. The van der Waals surface area contributed by atoms with Crippen molar-refractivity contribution in [2.45, 2.75) is 27.2 Å². The standard InChI is InChI=1S/C14H21N/c1-11-7-8-13(3)14(10-11)12(2)6-5-9-15-4/h6-8,10,15H,5,9H2,1-4H3. The molecule has 1 N–H and O–H groups in total. The lowest BCUT2D eigenvalue weighted by atomic mass is 9.99. The topological polar surface area (TPSA) is 12.0 Å². The molecule has 0 aliphatic rings. The molecule has 0 fully saturated rings. The molecule has 1 nitrogen and oxygen atoms in total. The zero-order valence-corrected chi connectivity index (χ0v) is 10.2. The molecule has 0 amide bonds. The van der Waals surface area contributed by atoms with E-state index in [2.05, 4.69) is 50.4 Å². The van der Waals surface area contributed by atoms with Crippen LogP contribution in [0.2, 0.25) is 0 Å². The van der Waals surface area contributed by atoms with Crippen LogP contribution in [0.15, 0.2) is 24.3 Å². The van der Waals surface area contributed by atoms with Crippen LogP contribution in [-0.4, -0.2) is 13.6 Å². The molecule has 0 aliphatic carbocycles. The van der Waals surface area contributed by atoms with Crippen LogP contribution in [0.25, 0.3) is 5.57 Å². The first-order valence-corrected chi connectivity index (χ1v) is 5.54. The highest BCUT2D eigenvalue weighted by Crippen LogP contribution is 2.20. The summed E-state index contributed by atoms with van der Waals surface area (Å²) in [6, 6.07) is 6.63. The Morgan fingerprint density at radius 2 is 2.07 bits per heavy atom. The Labute approximate surface area is 93.2 Å². The molecule has 0 unspecified atom stereocenters. The summed E-state index contributed by atoms with van der Waals surface area (Å²) in [7, 11) is 1.99. The van der Waals surface area contributed by atoms with Crippen LogP contribution in [0.3, 0.4) is 0 Å². The molecule has 0 radical (unpaired) electrons. The fourth-order valence-corrected chi connectivity index (χ4v) is 1.70. The van der Waals surface area contributed by atoms with Gasteiger partial charge in [-0.15, -0.1) is 0 Å². The van der Waals surface area contributed by atoms with Gasteiger partial charge in [-0.3, -0.25) is 0 Å². The molecule has 0 saturated carbocycles. The van der Waals surface area contributed by atoms with Gasteiger partial charge >= 0.3 is 0 Å². The molecule has 1 rings (SSSR count). The van der Waals surface area contributed by atoms with Crippen LogP contribution < -0.4 is 5.32 Å². The first-order chi connectivity index (χ1) is 7.15. The van der Waals surface area contributed by atoms with Crippen LogP contribution in [-0.2, 0) is 0 Å². The predicted octanol–water partition coefficient (Wildman–Crippen LogP) is 3.32. The van der Waals surface area contributed by atoms with Gasteiger partial charge < -0.3 is 5.32 Å². The fourth-order valence-electron chi connectivity index (χ4n) is 1.70. The van der Waals surface area contributed by atoms with E-state index in [-0.39, 0.29) is 0 Å². The molecule has 15 heavy (non-hydrogen) atoms. The van der Waals surface area contributed by atoms with Gasteiger partial charge in [0.2, 0.25) is 0 Å². The summed E-state index contributed by atoms with van der Waals surface area (Å²) in [5, 5.41) is 3.16. The minimum atomic E-state index is 1.04. The van der Waals surface area contributed by atoms with Gasteiger partial charge in [0.1, 0.15) is 0 Å². The van der Waals surface area contributed by atoms with Crippen molar-refractivity contribution in [1.29, 1.82) is 0 Å². The lowest BCUT2D eigenvalue weighted by Gasteiger charge is -2.07. The van der Waals surface area contributed by atoms with Crippen molar-refractivity contribution in [3.63, 3.8) is 0 Å². The van der Waals surface area contributed by atoms with Crippen LogP contribution >= 0.6 is 0 Å². The molecule has 0 heterocycles. The van der Waals surface area contributed by atoms with E-state index in [1.807, 2.05) is 7.05 Å². The van der Waals surface area contributed by atoms with Gasteiger partial charge in [0, 0.05) is 0 Å². The maximum absolute atomic E-state index is 3.16. The molecule has 1 aromatic rings. The Kier molecular flexibility index (Phi) is 4.57. The number of rotatable bonds is 4. The van der Waals surface area contributed by atoms with E-state index in [0.29, 0.717) is 0 Å². The minimum absolute atomic E-state index is 1.04. The highest BCUT2D eigenvalue weighted by Gasteiger charge is 2.00. The first-order valence-electron chi connectivity index (χ1n) is 5.54. The smallest absolute Gasteiger partial charge is 0.00171 e. The van der Waals surface area contributed by atoms with Crippen molar-refractivity contribution in [2.75, 3.05) is 13.6 Å². The molecule has 0 bridgehead atoms. The number of allylic oxidation sites excluding steroid dienone is 1. The Morgan fingerprint density at radius 3 is 2.73 bits per heavy atom. The molecule has 0 aromatic heterocycles. The Bertz CT molecular complexity index is 350. The molecule has 1 aromatic carbocycles. The SMILES string of the molecule is CNCCC=C(C)c1cc(C)ccc1C. The maximum Gasteiger partial charge on any atom is -0.00171 e. The largest absolute Gasteiger partial charge is 0.319 e.